The molecule has 0 fully saturated rings. The second-order valence-corrected chi connectivity index (χ2v) is 14.2. The molecule has 0 aromatic heterocycles. The highest BCUT2D eigenvalue weighted by Gasteiger charge is 2.24. The molecule has 0 aliphatic rings. The highest BCUT2D eigenvalue weighted by molar-refractivity contribution is 4.84. The molecule has 0 amide bonds. The number of nitrogens with two attached hydrogens (primary N) is 2. The minimum absolute atomic E-state index is 0.204. The van der Waals surface area contributed by atoms with Gasteiger partial charge in [-0.2, -0.15) is 0 Å². The summed E-state index contributed by atoms with van der Waals surface area (Å²) in [6.45, 7) is 8.57. The monoisotopic (exact) mass is 625 g/mol. The van der Waals surface area contributed by atoms with Gasteiger partial charge < -0.3 is 20.9 Å². The second kappa shape index (κ2) is 37.3. The molecule has 0 bridgehead atoms. The van der Waals surface area contributed by atoms with Gasteiger partial charge in [-0.1, -0.05) is 181 Å². The van der Waals surface area contributed by atoms with Crippen LogP contribution in [0.1, 0.15) is 219 Å². The van der Waals surface area contributed by atoms with Gasteiger partial charge >= 0.3 is 0 Å². The fourth-order valence-corrected chi connectivity index (χ4v) is 6.38. The number of hydrogen-bond acceptors (Lipinski definition) is 4. The molecule has 4 heteroatoms. The smallest absolute Gasteiger partial charge is 0.0483 e. The van der Waals surface area contributed by atoms with Gasteiger partial charge in [0.05, 0.1) is 0 Å². The summed E-state index contributed by atoms with van der Waals surface area (Å²) in [7, 11) is 0. The number of hydrogen-bond donors (Lipinski definition) is 2. The van der Waals surface area contributed by atoms with Gasteiger partial charge in [-0.05, 0) is 45.1 Å². The van der Waals surface area contributed by atoms with E-state index >= 15 is 0 Å². The predicted molar refractivity (Wildman–Crippen MR) is 197 cm³/mol. The Labute approximate surface area is 278 Å². The lowest BCUT2D eigenvalue weighted by Crippen LogP contribution is -2.42. The molecule has 0 rings (SSSR count). The maximum Gasteiger partial charge on any atom is 0.0483 e. The third-order valence-electron chi connectivity index (χ3n) is 9.65. The molecule has 0 aliphatic heterocycles. The number of rotatable bonds is 39. The molecule has 0 aromatic rings. The van der Waals surface area contributed by atoms with Crippen LogP contribution < -0.4 is 11.5 Å². The van der Waals surface area contributed by atoms with E-state index in [1.807, 2.05) is 0 Å². The van der Waals surface area contributed by atoms with Crippen molar-refractivity contribution >= 4 is 0 Å². The van der Waals surface area contributed by atoms with Crippen LogP contribution in [0, 0.1) is 0 Å². The third-order valence-corrected chi connectivity index (χ3v) is 9.65. The van der Waals surface area contributed by atoms with Crippen molar-refractivity contribution in [1.82, 2.24) is 0 Å². The quantitative estimate of drug-likeness (QED) is 0.0667. The fraction of sp³-hybridized carbons (Fsp3) is 1.00. The lowest BCUT2D eigenvalue weighted by atomic mass is 9.88. The van der Waals surface area contributed by atoms with Crippen LogP contribution in [0.2, 0.25) is 0 Å². The molecule has 0 radical (unpaired) electrons. The van der Waals surface area contributed by atoms with Crippen molar-refractivity contribution < 1.29 is 9.47 Å². The van der Waals surface area contributed by atoms with Crippen molar-refractivity contribution in [2.24, 2.45) is 11.5 Å². The van der Waals surface area contributed by atoms with Crippen molar-refractivity contribution in [3.8, 4) is 0 Å². The Morgan fingerprint density at radius 1 is 0.341 bits per heavy atom. The third kappa shape index (κ3) is 34.7. The molecule has 4 N–H and O–H groups in total. The largest absolute Gasteiger partial charge is 0.381 e. The lowest BCUT2D eigenvalue weighted by Gasteiger charge is -2.29. The minimum Gasteiger partial charge on any atom is -0.381 e. The van der Waals surface area contributed by atoms with E-state index in [1.54, 1.807) is 0 Å². The maximum absolute atomic E-state index is 6.80. The Morgan fingerprint density at radius 2 is 0.614 bits per heavy atom. The number of unbranched alkanes of at least 4 members (excludes halogenated alkanes) is 26. The van der Waals surface area contributed by atoms with Gasteiger partial charge in [0.25, 0.3) is 0 Å². The Kier molecular flexibility index (Phi) is 37.2. The Bertz CT molecular complexity index is 478. The Balaban J connectivity index is 3.56. The molecule has 0 saturated carbocycles. The average molecular weight is 625 g/mol. The molecule has 44 heavy (non-hydrogen) atoms. The van der Waals surface area contributed by atoms with E-state index in [2.05, 4.69) is 13.8 Å². The van der Waals surface area contributed by atoms with Gasteiger partial charge in [0.1, 0.15) is 0 Å². The van der Waals surface area contributed by atoms with Gasteiger partial charge in [0.2, 0.25) is 0 Å². The molecular weight excluding hydrogens is 540 g/mol. The first-order valence-corrected chi connectivity index (χ1v) is 20.3. The average Bonchev–Trinajstić information content (AvgIpc) is 3.03. The topological polar surface area (TPSA) is 70.5 Å². The van der Waals surface area contributed by atoms with Gasteiger partial charge in [-0.15, -0.1) is 0 Å². The maximum atomic E-state index is 6.80. The summed E-state index contributed by atoms with van der Waals surface area (Å²) in [6, 6.07) is 0. The molecule has 0 aromatic carbocycles. The normalized spacial score (nSPS) is 12.0. The second-order valence-electron chi connectivity index (χ2n) is 14.2. The van der Waals surface area contributed by atoms with Crippen LogP contribution in [0.5, 0.6) is 0 Å². The summed E-state index contributed by atoms with van der Waals surface area (Å²) in [4.78, 5) is 0. The Morgan fingerprint density at radius 3 is 0.886 bits per heavy atom. The van der Waals surface area contributed by atoms with Crippen LogP contribution in [-0.4, -0.2) is 38.5 Å². The SMILES string of the molecule is CCCCCCCCCCCCCCCCOCCC(N)(CCCN)CCOCCCCCCCCCCCCCCCC. The van der Waals surface area contributed by atoms with Crippen LogP contribution in [0.3, 0.4) is 0 Å². The minimum atomic E-state index is -0.204. The van der Waals surface area contributed by atoms with Crippen LogP contribution in [0.4, 0.5) is 0 Å². The van der Waals surface area contributed by atoms with Crippen LogP contribution in [0.25, 0.3) is 0 Å². The molecule has 4 nitrogen and oxygen atoms in total. The summed E-state index contributed by atoms with van der Waals surface area (Å²) >= 11 is 0. The van der Waals surface area contributed by atoms with Crippen molar-refractivity contribution in [1.29, 1.82) is 0 Å². The van der Waals surface area contributed by atoms with Crippen molar-refractivity contribution in [3.05, 3.63) is 0 Å². The van der Waals surface area contributed by atoms with E-state index in [4.69, 9.17) is 20.9 Å². The standard InChI is InChI=1S/C40H84N2O2/c1-3-5-7-9-11-13-15-17-19-21-23-25-27-29-36-43-38-33-40(42,32-31-35-41)34-39-44-37-30-28-26-24-22-20-18-16-14-12-10-8-6-4-2/h3-39,41-42H2,1-2H3. The zero-order valence-electron chi connectivity index (χ0n) is 30.6. The number of ether oxygens (including phenoxy) is 2. The summed E-state index contributed by atoms with van der Waals surface area (Å²) < 4.78 is 12.0. The van der Waals surface area contributed by atoms with Gasteiger partial charge in [0, 0.05) is 32.0 Å². The van der Waals surface area contributed by atoms with Crippen LogP contribution >= 0.6 is 0 Å². The highest BCUT2D eigenvalue weighted by atomic mass is 16.5. The first-order chi connectivity index (χ1) is 21.7. The fourth-order valence-electron chi connectivity index (χ4n) is 6.38. The zero-order valence-corrected chi connectivity index (χ0v) is 30.6. The van der Waals surface area contributed by atoms with E-state index < -0.39 is 0 Å². The zero-order chi connectivity index (χ0) is 32.1. The Hall–Kier alpha value is -0.160. The van der Waals surface area contributed by atoms with E-state index in [0.717, 1.165) is 52.1 Å². The van der Waals surface area contributed by atoms with Crippen molar-refractivity contribution in [2.45, 2.75) is 225 Å². The lowest BCUT2D eigenvalue weighted by molar-refractivity contribution is 0.0813. The molecule has 0 saturated heterocycles. The molecule has 0 aliphatic carbocycles. The molecule has 0 heterocycles. The van der Waals surface area contributed by atoms with E-state index in [0.29, 0.717) is 6.54 Å². The van der Waals surface area contributed by atoms with E-state index in [9.17, 15) is 0 Å². The van der Waals surface area contributed by atoms with Crippen LogP contribution in [-0.2, 0) is 9.47 Å². The summed E-state index contributed by atoms with van der Waals surface area (Å²) in [6.07, 6.45) is 42.8. The van der Waals surface area contributed by atoms with Crippen molar-refractivity contribution in [3.63, 3.8) is 0 Å². The highest BCUT2D eigenvalue weighted by Crippen LogP contribution is 2.20. The summed E-state index contributed by atoms with van der Waals surface area (Å²) in [5.41, 5.74) is 12.4. The van der Waals surface area contributed by atoms with Gasteiger partial charge in [-0.3, -0.25) is 0 Å². The first-order valence-electron chi connectivity index (χ1n) is 20.3. The molecule has 0 unspecified atom stereocenters. The molecule has 0 spiro atoms. The van der Waals surface area contributed by atoms with E-state index in [1.165, 1.54) is 180 Å². The van der Waals surface area contributed by atoms with Crippen LogP contribution in [0.15, 0.2) is 0 Å². The molecular formula is C40H84N2O2. The van der Waals surface area contributed by atoms with Gasteiger partial charge in [0.15, 0.2) is 0 Å². The summed E-state index contributed by atoms with van der Waals surface area (Å²) in [5.74, 6) is 0. The molecule has 266 valence electrons. The molecule has 0 atom stereocenters. The predicted octanol–water partition coefficient (Wildman–Crippen LogP) is 12.2. The van der Waals surface area contributed by atoms with Gasteiger partial charge in [-0.25, -0.2) is 0 Å². The van der Waals surface area contributed by atoms with Crippen molar-refractivity contribution in [2.75, 3.05) is 33.0 Å². The first kappa shape index (κ1) is 43.8. The summed E-state index contributed by atoms with van der Waals surface area (Å²) in [5, 5.41) is 0. The van der Waals surface area contributed by atoms with E-state index in [-0.39, 0.29) is 5.54 Å².